The molecule has 2 aliphatic rings. The van der Waals surface area contributed by atoms with Gasteiger partial charge in [-0.3, -0.25) is 23.9 Å². The average Bonchev–Trinajstić information content (AvgIpc) is 3.44. The minimum absolute atomic E-state index is 0.0800. The molecule has 3 aromatic rings. The molecule has 4 bridgehead atoms. The van der Waals surface area contributed by atoms with Gasteiger partial charge in [0, 0.05) is 24.9 Å². The van der Waals surface area contributed by atoms with Gasteiger partial charge in [-0.2, -0.15) is 0 Å². The largest absolute Gasteiger partial charge is 0.494 e. The molecule has 0 aliphatic carbocycles. The van der Waals surface area contributed by atoms with Crippen LogP contribution in [0.4, 0.5) is 0 Å². The highest BCUT2D eigenvalue weighted by Crippen LogP contribution is 2.13. The van der Waals surface area contributed by atoms with Gasteiger partial charge < -0.3 is 31.1 Å². The lowest BCUT2D eigenvalue weighted by Gasteiger charge is -2.26. The van der Waals surface area contributed by atoms with E-state index in [0.717, 1.165) is 5.56 Å². The number of hydrogen-bond donors (Lipinski definition) is 5. The number of hydrogen-bond acceptors (Lipinski definition) is 8. The van der Waals surface area contributed by atoms with Gasteiger partial charge in [0.1, 0.15) is 29.6 Å². The Kier molecular flexibility index (Phi) is 10.2. The van der Waals surface area contributed by atoms with Crippen LogP contribution in [0.5, 0.6) is 5.75 Å². The number of nitrogens with one attached hydrogen (secondary N) is 4. The summed E-state index contributed by atoms with van der Waals surface area (Å²) in [6, 6.07) is 12.2. The van der Waals surface area contributed by atoms with Crippen LogP contribution in [0.1, 0.15) is 41.9 Å². The summed E-state index contributed by atoms with van der Waals surface area (Å²) in [5, 5.41) is 29.1. The lowest BCUT2D eigenvalue weighted by Crippen LogP contribution is -2.59. The fourth-order valence-corrected chi connectivity index (χ4v) is 4.30. The Labute approximate surface area is 243 Å². The number of nitrogens with zero attached hydrogens (tertiary/aromatic N) is 3. The lowest BCUT2D eigenvalue weighted by atomic mass is 10.0. The number of aromatic nitrogens is 3. The minimum Gasteiger partial charge on any atom is -0.494 e. The molecule has 0 spiro atoms. The van der Waals surface area contributed by atoms with Crippen molar-refractivity contribution in [1.29, 1.82) is 0 Å². The molecule has 13 heteroatoms. The van der Waals surface area contributed by atoms with Crippen molar-refractivity contribution in [2.24, 2.45) is 0 Å². The summed E-state index contributed by atoms with van der Waals surface area (Å²) in [6.45, 7) is 3.83. The van der Waals surface area contributed by atoms with Gasteiger partial charge in [-0.1, -0.05) is 35.5 Å². The number of carbonyl (C=O) groups excluding carboxylic acids is 4. The standard InChI is InChI=1S/C29H35N7O6/c1-18-26(38)33-25(19(2)37)29(41)32-24(15-20-7-4-3-5-8-20)28(40)30-16-22-17-36(35-34-22)13-6-14-42-23-11-9-21(10-12-23)27(39)31-18/h3-5,7-12,17-19,24-25,37H,6,13-16H2,1-2H3,(H,30,40)(H,31,39)(H,32,41)(H,33,38)/t18-,19+,24+,25-/m0/s1. The van der Waals surface area contributed by atoms with Crippen molar-refractivity contribution in [3.05, 3.63) is 77.6 Å². The smallest absolute Gasteiger partial charge is 0.251 e. The predicted molar refractivity (Wildman–Crippen MR) is 151 cm³/mol. The number of aliphatic hydroxyl groups is 1. The zero-order valence-electron chi connectivity index (χ0n) is 23.4. The van der Waals surface area contributed by atoms with Crippen molar-refractivity contribution in [1.82, 2.24) is 36.3 Å². The molecule has 0 unspecified atom stereocenters. The second kappa shape index (κ2) is 14.2. The van der Waals surface area contributed by atoms with E-state index in [9.17, 15) is 24.3 Å². The maximum atomic E-state index is 13.3. The van der Waals surface area contributed by atoms with E-state index in [1.807, 2.05) is 30.3 Å². The molecule has 13 nitrogen and oxygen atoms in total. The van der Waals surface area contributed by atoms with Gasteiger partial charge in [0.25, 0.3) is 5.91 Å². The van der Waals surface area contributed by atoms with Gasteiger partial charge >= 0.3 is 0 Å². The quantitative estimate of drug-likeness (QED) is 0.272. The molecule has 5 rings (SSSR count). The van der Waals surface area contributed by atoms with Gasteiger partial charge in [-0.05, 0) is 43.7 Å². The summed E-state index contributed by atoms with van der Waals surface area (Å²) >= 11 is 0. The van der Waals surface area contributed by atoms with Crippen molar-refractivity contribution >= 4 is 23.6 Å². The van der Waals surface area contributed by atoms with Crippen molar-refractivity contribution in [3.8, 4) is 5.75 Å². The summed E-state index contributed by atoms with van der Waals surface area (Å²) < 4.78 is 7.40. The molecule has 42 heavy (non-hydrogen) atoms. The number of fused-ring (bicyclic) bond motifs is 16. The molecule has 0 fully saturated rings. The summed E-state index contributed by atoms with van der Waals surface area (Å²) in [4.78, 5) is 52.2. The zero-order chi connectivity index (χ0) is 30.1. The van der Waals surface area contributed by atoms with Crippen molar-refractivity contribution in [2.75, 3.05) is 6.61 Å². The fraction of sp³-hybridized carbons (Fsp3) is 0.379. The second-order valence-electron chi connectivity index (χ2n) is 10.1. The molecule has 0 saturated carbocycles. The summed E-state index contributed by atoms with van der Waals surface area (Å²) in [7, 11) is 0. The van der Waals surface area contributed by atoms with Crippen LogP contribution in [-0.2, 0) is 33.9 Å². The molecule has 0 saturated heterocycles. The maximum absolute atomic E-state index is 13.3. The molecule has 2 aliphatic heterocycles. The van der Waals surface area contributed by atoms with Crippen molar-refractivity contribution in [2.45, 2.75) is 64.0 Å². The number of carbonyl (C=O) groups is 4. The van der Waals surface area contributed by atoms with Gasteiger partial charge in [0.2, 0.25) is 17.7 Å². The third-order valence-corrected chi connectivity index (χ3v) is 6.67. The molecule has 2 aromatic carbocycles. The zero-order valence-corrected chi connectivity index (χ0v) is 23.4. The SMILES string of the molecule is C[C@@H]1NC(=O)c2ccc(cc2)OCCCn2cc(nn2)CNC(=O)[C@@H](Cc2ccccc2)NC(=O)[C@H]([C@@H](C)O)NC1=O. The van der Waals surface area contributed by atoms with Crippen LogP contribution in [0.3, 0.4) is 0 Å². The van der Waals surface area contributed by atoms with E-state index in [2.05, 4.69) is 31.6 Å². The second-order valence-corrected chi connectivity index (χ2v) is 10.1. The Hall–Kier alpha value is -4.78. The molecular formula is C29H35N7O6. The monoisotopic (exact) mass is 577 g/mol. The normalized spacial score (nSPS) is 21.7. The first kappa shape index (κ1) is 30.2. The van der Waals surface area contributed by atoms with Crippen molar-refractivity contribution in [3.63, 3.8) is 0 Å². The Morgan fingerprint density at radius 3 is 2.43 bits per heavy atom. The summed E-state index contributed by atoms with van der Waals surface area (Å²) in [5.74, 6) is -1.84. The van der Waals surface area contributed by atoms with Gasteiger partial charge in [0.15, 0.2) is 0 Å². The number of ether oxygens (including phenoxy) is 1. The van der Waals surface area contributed by atoms with E-state index >= 15 is 0 Å². The number of aliphatic hydroxyl groups excluding tert-OH is 1. The van der Waals surface area contributed by atoms with Gasteiger partial charge in [-0.25, -0.2) is 0 Å². The first-order chi connectivity index (χ1) is 20.2. The van der Waals surface area contributed by atoms with Crippen LogP contribution >= 0.6 is 0 Å². The van der Waals surface area contributed by atoms with Crippen molar-refractivity contribution < 1.29 is 29.0 Å². The number of amides is 4. The van der Waals surface area contributed by atoms with Crippen LogP contribution < -0.4 is 26.0 Å². The van der Waals surface area contributed by atoms with Crippen LogP contribution in [0, 0.1) is 0 Å². The van der Waals surface area contributed by atoms with Crippen LogP contribution in [0.15, 0.2) is 60.8 Å². The third kappa shape index (κ3) is 8.36. The Bertz CT molecular complexity index is 1380. The minimum atomic E-state index is -1.39. The highest BCUT2D eigenvalue weighted by Gasteiger charge is 2.31. The van der Waals surface area contributed by atoms with E-state index in [1.54, 1.807) is 35.1 Å². The van der Waals surface area contributed by atoms with Crippen LogP contribution in [0.2, 0.25) is 0 Å². The molecule has 0 radical (unpaired) electrons. The topological polar surface area (TPSA) is 177 Å². The number of aryl methyl sites for hydroxylation is 1. The van der Waals surface area contributed by atoms with Crippen LogP contribution in [-0.4, -0.2) is 74.6 Å². The first-order valence-corrected chi connectivity index (χ1v) is 13.7. The Balaban J connectivity index is 1.56. The van der Waals surface area contributed by atoms with Gasteiger partial charge in [0.05, 0.1) is 25.5 Å². The first-order valence-electron chi connectivity index (χ1n) is 13.7. The molecule has 1 aromatic heterocycles. The third-order valence-electron chi connectivity index (χ3n) is 6.67. The van der Waals surface area contributed by atoms with E-state index in [4.69, 9.17) is 4.74 Å². The van der Waals surface area contributed by atoms with E-state index in [0.29, 0.717) is 36.6 Å². The number of rotatable bonds is 3. The molecule has 4 atom stereocenters. The van der Waals surface area contributed by atoms with E-state index in [1.165, 1.54) is 13.8 Å². The highest BCUT2D eigenvalue weighted by molar-refractivity contribution is 5.98. The summed E-state index contributed by atoms with van der Waals surface area (Å²) in [5.41, 5.74) is 1.64. The molecule has 3 heterocycles. The van der Waals surface area contributed by atoms with Gasteiger partial charge in [-0.15, -0.1) is 5.10 Å². The van der Waals surface area contributed by atoms with E-state index in [-0.39, 0.29) is 13.0 Å². The molecular weight excluding hydrogens is 542 g/mol. The summed E-state index contributed by atoms with van der Waals surface area (Å²) in [6.07, 6.45) is 1.22. The Morgan fingerprint density at radius 1 is 0.976 bits per heavy atom. The van der Waals surface area contributed by atoms with E-state index < -0.39 is 47.9 Å². The highest BCUT2D eigenvalue weighted by atomic mass is 16.5. The number of benzene rings is 2. The molecule has 222 valence electrons. The molecule has 4 amide bonds. The predicted octanol–water partition coefficient (Wildman–Crippen LogP) is 0.0884. The lowest BCUT2D eigenvalue weighted by molar-refractivity contribution is -0.134. The van der Waals surface area contributed by atoms with Crippen LogP contribution in [0.25, 0.3) is 0 Å². The maximum Gasteiger partial charge on any atom is 0.251 e. The Morgan fingerprint density at radius 2 is 1.71 bits per heavy atom. The molecule has 5 N–H and O–H groups in total. The fourth-order valence-electron chi connectivity index (χ4n) is 4.30. The average molecular weight is 578 g/mol.